The number of hydrogen-bond donors (Lipinski definition) is 1. The molecular weight excluding hydrogens is 416 g/mol. The first-order valence-electron chi connectivity index (χ1n) is 8.91. The summed E-state index contributed by atoms with van der Waals surface area (Å²) in [5.74, 6) is -0.854. The Morgan fingerprint density at radius 3 is 2.62 bits per heavy atom. The fourth-order valence-corrected chi connectivity index (χ4v) is 5.05. The van der Waals surface area contributed by atoms with Gasteiger partial charge in [-0.2, -0.15) is 0 Å². The molecule has 10 heteroatoms. The van der Waals surface area contributed by atoms with Crippen molar-refractivity contribution in [1.82, 2.24) is 4.31 Å². The zero-order valence-electron chi connectivity index (χ0n) is 16.4. The van der Waals surface area contributed by atoms with Crippen LogP contribution >= 0.6 is 11.3 Å². The minimum atomic E-state index is -3.68. The molecule has 2 aromatic rings. The van der Waals surface area contributed by atoms with Crippen molar-refractivity contribution in [1.29, 1.82) is 0 Å². The topological polar surface area (TPSA) is 102 Å². The monoisotopic (exact) mass is 438 g/mol. The van der Waals surface area contributed by atoms with Crippen LogP contribution in [0.3, 0.4) is 0 Å². The predicted octanol–water partition coefficient (Wildman–Crippen LogP) is 2.29. The maximum Gasteiger partial charge on any atom is 0.348 e. The zero-order chi connectivity index (χ0) is 21.2. The second-order valence-electron chi connectivity index (χ2n) is 6.69. The van der Waals surface area contributed by atoms with E-state index >= 15 is 0 Å². The number of anilines is 1. The number of nitrogens with zero attached hydrogens (tertiary/aromatic N) is 1. The van der Waals surface area contributed by atoms with Gasteiger partial charge in [0.15, 0.2) is 6.61 Å². The third-order valence-electron chi connectivity index (χ3n) is 4.51. The average Bonchev–Trinajstić information content (AvgIpc) is 3.28. The van der Waals surface area contributed by atoms with Crippen LogP contribution in [0.1, 0.15) is 26.5 Å². The summed E-state index contributed by atoms with van der Waals surface area (Å²) in [5, 5.41) is 2.54. The van der Waals surface area contributed by atoms with Gasteiger partial charge in [0, 0.05) is 19.0 Å². The van der Waals surface area contributed by atoms with Crippen molar-refractivity contribution in [3.05, 3.63) is 39.6 Å². The standard InChI is InChI=1S/C19H22N2O6S2/c1-21(2)29(24,25)13-7-8-15(26-3)14(10-13)20-18(22)11-27-19(23)17-9-12-5-4-6-16(12)28-17/h7-10H,4-6,11H2,1-3H3,(H,20,22). The first-order chi connectivity index (χ1) is 13.7. The lowest BCUT2D eigenvalue weighted by Crippen LogP contribution is -2.23. The summed E-state index contributed by atoms with van der Waals surface area (Å²) in [6.07, 6.45) is 3.04. The Balaban J connectivity index is 1.67. The van der Waals surface area contributed by atoms with Crippen LogP contribution in [0.2, 0.25) is 0 Å². The minimum Gasteiger partial charge on any atom is -0.495 e. The highest BCUT2D eigenvalue weighted by atomic mass is 32.2. The van der Waals surface area contributed by atoms with Crippen molar-refractivity contribution in [2.24, 2.45) is 0 Å². The number of nitrogens with one attached hydrogen (secondary N) is 1. The van der Waals surface area contributed by atoms with Crippen LogP contribution in [0, 0.1) is 0 Å². The molecule has 0 saturated heterocycles. The maximum absolute atomic E-state index is 12.3. The van der Waals surface area contributed by atoms with E-state index in [1.54, 1.807) is 0 Å². The van der Waals surface area contributed by atoms with Gasteiger partial charge in [-0.25, -0.2) is 17.5 Å². The van der Waals surface area contributed by atoms with Gasteiger partial charge < -0.3 is 14.8 Å². The molecule has 0 saturated carbocycles. The van der Waals surface area contributed by atoms with Crippen molar-refractivity contribution in [3.63, 3.8) is 0 Å². The molecule has 1 aliphatic carbocycles. The molecule has 0 atom stereocenters. The third-order valence-corrected chi connectivity index (χ3v) is 7.53. The number of carbonyl (C=O) groups excluding carboxylic acids is 2. The average molecular weight is 439 g/mol. The largest absolute Gasteiger partial charge is 0.495 e. The Morgan fingerprint density at radius 2 is 1.97 bits per heavy atom. The molecule has 1 aromatic heterocycles. The highest BCUT2D eigenvalue weighted by molar-refractivity contribution is 7.89. The molecule has 156 valence electrons. The number of sulfonamides is 1. The van der Waals surface area contributed by atoms with Crippen LogP contribution in [0.15, 0.2) is 29.2 Å². The maximum atomic E-state index is 12.3. The molecule has 1 amide bonds. The van der Waals surface area contributed by atoms with Crippen LogP contribution in [0.25, 0.3) is 0 Å². The lowest BCUT2D eigenvalue weighted by molar-refractivity contribution is -0.119. The van der Waals surface area contributed by atoms with Crippen molar-refractivity contribution < 1.29 is 27.5 Å². The molecule has 29 heavy (non-hydrogen) atoms. The smallest absolute Gasteiger partial charge is 0.348 e. The molecule has 0 bridgehead atoms. The molecule has 0 spiro atoms. The SMILES string of the molecule is COc1ccc(S(=O)(=O)N(C)C)cc1NC(=O)COC(=O)c1cc2c(s1)CCC2. The minimum absolute atomic E-state index is 0.00342. The summed E-state index contributed by atoms with van der Waals surface area (Å²) in [6.45, 7) is -0.491. The molecule has 1 aromatic carbocycles. The van der Waals surface area contributed by atoms with Crippen LogP contribution in [0.5, 0.6) is 5.75 Å². The number of hydrogen-bond acceptors (Lipinski definition) is 7. The van der Waals surface area contributed by atoms with Crippen LogP contribution in [-0.4, -0.2) is 52.4 Å². The first-order valence-corrected chi connectivity index (χ1v) is 11.2. The summed E-state index contributed by atoms with van der Waals surface area (Å²) >= 11 is 1.40. The molecule has 1 aliphatic rings. The number of amides is 1. The number of fused-ring (bicyclic) bond motifs is 1. The third kappa shape index (κ3) is 4.60. The normalized spacial score (nSPS) is 13.2. The number of ether oxygens (including phenoxy) is 2. The fourth-order valence-electron chi connectivity index (χ4n) is 2.97. The van der Waals surface area contributed by atoms with E-state index in [0.717, 1.165) is 23.6 Å². The Labute approximate surface area is 173 Å². The van der Waals surface area contributed by atoms with E-state index in [9.17, 15) is 18.0 Å². The van der Waals surface area contributed by atoms with Gasteiger partial charge in [0.1, 0.15) is 10.6 Å². The van der Waals surface area contributed by atoms with E-state index in [2.05, 4.69) is 5.32 Å². The molecule has 3 rings (SSSR count). The summed E-state index contributed by atoms with van der Waals surface area (Å²) < 4.78 is 36.0. The quantitative estimate of drug-likeness (QED) is 0.666. The molecule has 0 unspecified atom stereocenters. The second-order valence-corrected chi connectivity index (χ2v) is 9.98. The van der Waals surface area contributed by atoms with Crippen LogP contribution < -0.4 is 10.1 Å². The Bertz CT molecular complexity index is 1020. The van der Waals surface area contributed by atoms with Gasteiger partial charge in [-0.05, 0) is 49.1 Å². The summed E-state index contributed by atoms with van der Waals surface area (Å²) in [7, 11) is 0.554. The highest BCUT2D eigenvalue weighted by Gasteiger charge is 2.22. The highest BCUT2D eigenvalue weighted by Crippen LogP contribution is 2.31. The number of thiophene rings is 1. The summed E-state index contributed by atoms with van der Waals surface area (Å²) in [6, 6.07) is 5.97. The number of esters is 1. The molecule has 8 nitrogen and oxygen atoms in total. The van der Waals surface area contributed by atoms with Gasteiger partial charge in [0.25, 0.3) is 5.91 Å². The van der Waals surface area contributed by atoms with Gasteiger partial charge >= 0.3 is 5.97 Å². The van der Waals surface area contributed by atoms with Gasteiger partial charge in [-0.15, -0.1) is 11.3 Å². The van der Waals surface area contributed by atoms with E-state index in [4.69, 9.17) is 9.47 Å². The van der Waals surface area contributed by atoms with E-state index in [1.165, 1.54) is 61.2 Å². The van der Waals surface area contributed by atoms with Crippen LogP contribution in [0.4, 0.5) is 5.69 Å². The molecule has 1 N–H and O–H groups in total. The Morgan fingerprint density at radius 1 is 1.21 bits per heavy atom. The Kier molecular flexibility index (Phi) is 6.25. The number of carbonyl (C=O) groups is 2. The molecular formula is C19H22N2O6S2. The lowest BCUT2D eigenvalue weighted by Gasteiger charge is -2.15. The number of aryl methyl sites for hydroxylation is 2. The van der Waals surface area contributed by atoms with Gasteiger partial charge in [0.2, 0.25) is 10.0 Å². The summed E-state index contributed by atoms with van der Waals surface area (Å²) in [5.41, 5.74) is 1.35. The fraction of sp³-hybridized carbons (Fsp3) is 0.368. The lowest BCUT2D eigenvalue weighted by atomic mass is 10.2. The van der Waals surface area contributed by atoms with E-state index in [1.807, 2.05) is 6.07 Å². The second kappa shape index (κ2) is 8.52. The van der Waals surface area contributed by atoms with Crippen molar-refractivity contribution in [2.75, 3.05) is 33.1 Å². The number of rotatable bonds is 7. The van der Waals surface area contributed by atoms with Crippen LogP contribution in [-0.2, 0) is 32.4 Å². The summed E-state index contributed by atoms with van der Waals surface area (Å²) in [4.78, 5) is 26.1. The number of methoxy groups -OCH3 is 1. The zero-order valence-corrected chi connectivity index (χ0v) is 18.0. The number of benzene rings is 1. The molecule has 0 fully saturated rings. The van der Waals surface area contributed by atoms with Gasteiger partial charge in [0.05, 0.1) is 17.7 Å². The van der Waals surface area contributed by atoms with Gasteiger partial charge in [-0.1, -0.05) is 0 Å². The van der Waals surface area contributed by atoms with Crippen molar-refractivity contribution >= 4 is 38.9 Å². The van der Waals surface area contributed by atoms with E-state index < -0.39 is 28.5 Å². The van der Waals surface area contributed by atoms with Gasteiger partial charge in [-0.3, -0.25) is 4.79 Å². The first kappa shape index (κ1) is 21.3. The Hall–Kier alpha value is -2.43. The van der Waals surface area contributed by atoms with E-state index in [0.29, 0.717) is 4.88 Å². The molecule has 0 aliphatic heterocycles. The van der Waals surface area contributed by atoms with E-state index in [-0.39, 0.29) is 16.3 Å². The van der Waals surface area contributed by atoms with Crippen molar-refractivity contribution in [3.8, 4) is 5.75 Å². The molecule has 1 heterocycles. The molecule has 0 radical (unpaired) electrons. The predicted molar refractivity (Wildman–Crippen MR) is 109 cm³/mol. The van der Waals surface area contributed by atoms with Crippen molar-refractivity contribution in [2.45, 2.75) is 24.2 Å².